The lowest BCUT2D eigenvalue weighted by atomic mass is 10.0. The van der Waals surface area contributed by atoms with Crippen molar-refractivity contribution < 1.29 is 14.3 Å². The van der Waals surface area contributed by atoms with E-state index in [1.807, 2.05) is 13.8 Å². The van der Waals surface area contributed by atoms with Crippen LogP contribution in [0.1, 0.15) is 66.2 Å². The van der Waals surface area contributed by atoms with Crippen molar-refractivity contribution in [3.63, 3.8) is 0 Å². The van der Waals surface area contributed by atoms with Gasteiger partial charge in [-0.15, -0.1) is 0 Å². The smallest absolute Gasteiger partial charge is 0.135 e. The van der Waals surface area contributed by atoms with Crippen LogP contribution in [0.25, 0.3) is 0 Å². The van der Waals surface area contributed by atoms with Gasteiger partial charge in [0.25, 0.3) is 0 Å². The van der Waals surface area contributed by atoms with E-state index in [0.29, 0.717) is 11.9 Å². The Morgan fingerprint density at radius 1 is 0.842 bits per heavy atom. The molecule has 0 saturated carbocycles. The highest BCUT2D eigenvalue weighted by Crippen LogP contribution is 2.06. The van der Waals surface area contributed by atoms with Gasteiger partial charge in [0.15, 0.2) is 0 Å². The highest BCUT2D eigenvalue weighted by molar-refractivity contribution is 5.80. The number of hydrogen-bond donors (Lipinski definition) is 0. The Bertz CT molecular complexity index is 212. The number of ether oxygens (including phenoxy) is 2. The van der Waals surface area contributed by atoms with Crippen LogP contribution in [0.3, 0.4) is 0 Å². The third-order valence-corrected chi connectivity index (χ3v) is 2.99. The number of carbonyl (C=O) groups excluding carboxylic acids is 1. The van der Waals surface area contributed by atoms with Gasteiger partial charge in [-0.1, -0.05) is 20.3 Å². The van der Waals surface area contributed by atoms with E-state index in [2.05, 4.69) is 13.8 Å². The summed E-state index contributed by atoms with van der Waals surface area (Å²) in [6.45, 7) is 10.5. The molecule has 19 heavy (non-hydrogen) atoms. The molecular weight excluding hydrogens is 240 g/mol. The van der Waals surface area contributed by atoms with E-state index >= 15 is 0 Å². The van der Waals surface area contributed by atoms with Crippen molar-refractivity contribution in [2.75, 3.05) is 19.8 Å². The minimum Gasteiger partial charge on any atom is -0.381 e. The maximum absolute atomic E-state index is 11.4. The minimum atomic E-state index is 0.185. The summed E-state index contributed by atoms with van der Waals surface area (Å²) in [5.41, 5.74) is 0. The van der Waals surface area contributed by atoms with Gasteiger partial charge >= 0.3 is 0 Å². The standard InChI is InChI=1S/C16H32O3/c1-14(2)16(17)10-6-5-7-11-18-12-8-9-13-19-15(3)4/h14-15H,5-13H2,1-4H3. The first kappa shape index (κ1) is 18.6. The normalized spacial score (nSPS) is 11.5. The van der Waals surface area contributed by atoms with Gasteiger partial charge in [-0.2, -0.15) is 0 Å². The summed E-state index contributed by atoms with van der Waals surface area (Å²) in [5.74, 6) is 0.565. The second-order valence-electron chi connectivity index (χ2n) is 5.67. The molecule has 0 aromatic carbocycles. The van der Waals surface area contributed by atoms with Gasteiger partial charge in [0.1, 0.15) is 5.78 Å². The molecule has 0 aromatic rings. The fourth-order valence-electron chi connectivity index (χ4n) is 1.70. The van der Waals surface area contributed by atoms with Crippen LogP contribution in [-0.4, -0.2) is 31.7 Å². The van der Waals surface area contributed by atoms with Crippen molar-refractivity contribution >= 4 is 5.78 Å². The fourth-order valence-corrected chi connectivity index (χ4v) is 1.70. The summed E-state index contributed by atoms with van der Waals surface area (Å²) >= 11 is 0. The summed E-state index contributed by atoms with van der Waals surface area (Å²) < 4.78 is 11.0. The van der Waals surface area contributed by atoms with E-state index in [0.717, 1.165) is 58.3 Å². The summed E-state index contributed by atoms with van der Waals surface area (Å²) in [6.07, 6.45) is 6.35. The third-order valence-electron chi connectivity index (χ3n) is 2.99. The van der Waals surface area contributed by atoms with E-state index in [-0.39, 0.29) is 5.92 Å². The van der Waals surface area contributed by atoms with Crippen LogP contribution < -0.4 is 0 Å². The van der Waals surface area contributed by atoms with Gasteiger partial charge in [0.2, 0.25) is 0 Å². The molecule has 0 N–H and O–H groups in total. The highest BCUT2D eigenvalue weighted by Gasteiger charge is 2.05. The Balaban J connectivity index is 3.09. The lowest BCUT2D eigenvalue weighted by Gasteiger charge is -2.07. The molecule has 0 fully saturated rings. The second-order valence-corrected chi connectivity index (χ2v) is 5.67. The Morgan fingerprint density at radius 2 is 1.42 bits per heavy atom. The van der Waals surface area contributed by atoms with E-state index < -0.39 is 0 Å². The molecule has 0 spiro atoms. The number of ketones is 1. The maximum atomic E-state index is 11.4. The summed E-state index contributed by atoms with van der Waals surface area (Å²) in [6, 6.07) is 0. The SMILES string of the molecule is CC(C)OCCCCOCCCCCC(=O)C(C)C. The number of carbonyl (C=O) groups is 1. The van der Waals surface area contributed by atoms with Gasteiger partial charge < -0.3 is 9.47 Å². The Hall–Kier alpha value is -0.410. The molecule has 0 aliphatic carbocycles. The molecule has 0 aliphatic heterocycles. The monoisotopic (exact) mass is 272 g/mol. The largest absolute Gasteiger partial charge is 0.381 e. The molecule has 114 valence electrons. The predicted molar refractivity (Wildman–Crippen MR) is 79.5 cm³/mol. The molecule has 0 saturated heterocycles. The predicted octanol–water partition coefficient (Wildman–Crippen LogP) is 3.99. The molecule has 0 heterocycles. The summed E-state index contributed by atoms with van der Waals surface area (Å²) in [4.78, 5) is 11.4. The zero-order valence-electron chi connectivity index (χ0n) is 13.2. The van der Waals surface area contributed by atoms with Gasteiger partial charge in [-0.3, -0.25) is 4.79 Å². The van der Waals surface area contributed by atoms with E-state index in [9.17, 15) is 4.79 Å². The third kappa shape index (κ3) is 13.8. The fraction of sp³-hybridized carbons (Fsp3) is 0.938. The first-order valence-corrected chi connectivity index (χ1v) is 7.76. The van der Waals surface area contributed by atoms with Crippen molar-refractivity contribution in [2.24, 2.45) is 5.92 Å². The Morgan fingerprint density at radius 3 is 2.00 bits per heavy atom. The topological polar surface area (TPSA) is 35.5 Å². The van der Waals surface area contributed by atoms with Crippen LogP contribution in [0, 0.1) is 5.92 Å². The van der Waals surface area contributed by atoms with Crippen LogP contribution >= 0.6 is 0 Å². The number of rotatable bonds is 13. The van der Waals surface area contributed by atoms with Gasteiger partial charge in [-0.25, -0.2) is 0 Å². The Kier molecular flexibility index (Phi) is 12.3. The quantitative estimate of drug-likeness (QED) is 0.475. The van der Waals surface area contributed by atoms with Crippen LogP contribution in [0.5, 0.6) is 0 Å². The van der Waals surface area contributed by atoms with E-state index in [4.69, 9.17) is 9.47 Å². The average Bonchev–Trinajstić information content (AvgIpc) is 2.35. The van der Waals surface area contributed by atoms with Crippen molar-refractivity contribution in [3.05, 3.63) is 0 Å². The van der Waals surface area contributed by atoms with Crippen molar-refractivity contribution in [1.29, 1.82) is 0 Å². The molecule has 0 aliphatic rings. The lowest BCUT2D eigenvalue weighted by molar-refractivity contribution is -0.122. The van der Waals surface area contributed by atoms with Gasteiger partial charge in [0, 0.05) is 32.2 Å². The van der Waals surface area contributed by atoms with Crippen LogP contribution in [0.4, 0.5) is 0 Å². The zero-order valence-corrected chi connectivity index (χ0v) is 13.2. The van der Waals surface area contributed by atoms with E-state index in [1.165, 1.54) is 0 Å². The first-order valence-electron chi connectivity index (χ1n) is 7.76. The van der Waals surface area contributed by atoms with Gasteiger partial charge in [0.05, 0.1) is 6.10 Å². The molecule has 0 aromatic heterocycles. The summed E-state index contributed by atoms with van der Waals surface area (Å²) in [5, 5.41) is 0. The minimum absolute atomic E-state index is 0.185. The number of Topliss-reactive ketones (excluding diaryl/α,β-unsaturated/α-hetero) is 1. The van der Waals surface area contributed by atoms with Crippen molar-refractivity contribution in [3.8, 4) is 0 Å². The van der Waals surface area contributed by atoms with Crippen molar-refractivity contribution in [1.82, 2.24) is 0 Å². The molecule has 3 nitrogen and oxygen atoms in total. The molecule has 0 unspecified atom stereocenters. The zero-order chi connectivity index (χ0) is 14.5. The highest BCUT2D eigenvalue weighted by atomic mass is 16.5. The van der Waals surface area contributed by atoms with Crippen molar-refractivity contribution in [2.45, 2.75) is 72.3 Å². The van der Waals surface area contributed by atoms with Crippen LogP contribution in [0.2, 0.25) is 0 Å². The number of unbranched alkanes of at least 4 members (excludes halogenated alkanes) is 3. The molecule has 0 atom stereocenters. The van der Waals surface area contributed by atoms with Gasteiger partial charge in [-0.05, 0) is 39.5 Å². The second kappa shape index (κ2) is 12.6. The molecule has 0 amide bonds. The van der Waals surface area contributed by atoms with Crippen LogP contribution in [-0.2, 0) is 14.3 Å². The molecule has 0 radical (unpaired) electrons. The average molecular weight is 272 g/mol. The number of hydrogen-bond acceptors (Lipinski definition) is 3. The molecule has 0 rings (SSSR count). The molecule has 3 heteroatoms. The van der Waals surface area contributed by atoms with Crippen LogP contribution in [0.15, 0.2) is 0 Å². The lowest BCUT2D eigenvalue weighted by Crippen LogP contribution is -2.06. The maximum Gasteiger partial charge on any atom is 0.135 e. The molecular formula is C16H32O3. The molecule has 0 bridgehead atoms. The Labute approximate surface area is 119 Å². The summed E-state index contributed by atoms with van der Waals surface area (Å²) in [7, 11) is 0. The van der Waals surface area contributed by atoms with E-state index in [1.54, 1.807) is 0 Å². The first-order chi connectivity index (χ1) is 9.04.